The molecule has 0 saturated heterocycles. The quantitative estimate of drug-likeness (QED) is 0.910. The number of nitrogens with zero attached hydrogens (tertiary/aromatic N) is 3. The fourth-order valence-electron chi connectivity index (χ4n) is 1.81. The van der Waals surface area contributed by atoms with Crippen molar-refractivity contribution in [2.45, 2.75) is 33.9 Å². The summed E-state index contributed by atoms with van der Waals surface area (Å²) in [5.41, 5.74) is 2.07. The molecule has 1 aromatic heterocycles. The fourth-order valence-corrected chi connectivity index (χ4v) is 1.99. The second kappa shape index (κ2) is 6.06. The molecular formula is C14H19ClN4. The van der Waals surface area contributed by atoms with Gasteiger partial charge in [0.1, 0.15) is 12.2 Å². The Kier molecular flexibility index (Phi) is 4.43. The van der Waals surface area contributed by atoms with Gasteiger partial charge in [0.05, 0.1) is 6.54 Å². The van der Waals surface area contributed by atoms with Crippen molar-refractivity contribution in [3.63, 3.8) is 0 Å². The Bertz CT molecular complexity index is 548. The first-order valence-corrected chi connectivity index (χ1v) is 6.80. The van der Waals surface area contributed by atoms with Crippen molar-refractivity contribution in [3.05, 3.63) is 40.9 Å². The molecule has 0 spiro atoms. The zero-order valence-electron chi connectivity index (χ0n) is 11.5. The lowest BCUT2D eigenvalue weighted by Gasteiger charge is -2.10. The summed E-state index contributed by atoms with van der Waals surface area (Å²) in [5.74, 6) is 1.49. The Balaban J connectivity index is 2.02. The number of rotatable bonds is 5. The zero-order valence-corrected chi connectivity index (χ0v) is 12.3. The molecule has 0 aliphatic heterocycles. The van der Waals surface area contributed by atoms with Crippen molar-refractivity contribution in [2.75, 3.05) is 5.32 Å². The minimum absolute atomic E-state index is 0.550. The third-order valence-electron chi connectivity index (χ3n) is 2.86. The molecule has 0 aliphatic carbocycles. The zero-order chi connectivity index (χ0) is 13.8. The number of hydrogen-bond donors (Lipinski definition) is 1. The molecule has 5 heteroatoms. The van der Waals surface area contributed by atoms with E-state index in [0.29, 0.717) is 12.5 Å². The van der Waals surface area contributed by atoms with Crippen molar-refractivity contribution in [3.8, 4) is 0 Å². The number of anilines is 1. The minimum atomic E-state index is 0.550. The van der Waals surface area contributed by atoms with Gasteiger partial charge in [-0.2, -0.15) is 5.10 Å². The van der Waals surface area contributed by atoms with Crippen molar-refractivity contribution < 1.29 is 0 Å². The third kappa shape index (κ3) is 3.70. The van der Waals surface area contributed by atoms with E-state index in [9.17, 15) is 0 Å². The van der Waals surface area contributed by atoms with Crippen LogP contribution in [0.25, 0.3) is 0 Å². The molecule has 1 aromatic carbocycles. The standard InChI is InChI=1S/C14H19ClN4/c1-10(2)8-19-14(17-9-18-19)7-16-12-5-4-11(3)13(15)6-12/h4-6,9-10,16H,7-8H2,1-3H3. The van der Waals surface area contributed by atoms with Gasteiger partial charge < -0.3 is 5.32 Å². The lowest BCUT2D eigenvalue weighted by atomic mass is 10.2. The number of nitrogens with one attached hydrogen (secondary N) is 1. The summed E-state index contributed by atoms with van der Waals surface area (Å²) in [6.45, 7) is 7.85. The van der Waals surface area contributed by atoms with Crippen LogP contribution in [-0.2, 0) is 13.1 Å². The maximum atomic E-state index is 6.10. The lowest BCUT2D eigenvalue weighted by Crippen LogP contribution is -2.13. The van der Waals surface area contributed by atoms with E-state index in [4.69, 9.17) is 11.6 Å². The van der Waals surface area contributed by atoms with E-state index in [1.807, 2.05) is 29.8 Å². The second-order valence-corrected chi connectivity index (χ2v) is 5.48. The highest BCUT2D eigenvalue weighted by Crippen LogP contribution is 2.20. The van der Waals surface area contributed by atoms with Gasteiger partial charge in [-0.15, -0.1) is 0 Å². The molecule has 0 bridgehead atoms. The highest BCUT2D eigenvalue weighted by Gasteiger charge is 2.06. The molecule has 1 heterocycles. The molecule has 0 fully saturated rings. The predicted molar refractivity (Wildman–Crippen MR) is 78.4 cm³/mol. The van der Waals surface area contributed by atoms with Crippen molar-refractivity contribution in [1.29, 1.82) is 0 Å². The SMILES string of the molecule is Cc1ccc(NCc2ncnn2CC(C)C)cc1Cl. The summed E-state index contributed by atoms with van der Waals surface area (Å²) in [6.07, 6.45) is 1.60. The van der Waals surface area contributed by atoms with Gasteiger partial charge in [-0.05, 0) is 30.5 Å². The molecule has 2 rings (SSSR count). The summed E-state index contributed by atoms with van der Waals surface area (Å²) in [6, 6.07) is 5.95. The summed E-state index contributed by atoms with van der Waals surface area (Å²) in [7, 11) is 0. The number of benzene rings is 1. The highest BCUT2D eigenvalue weighted by molar-refractivity contribution is 6.31. The Morgan fingerprint density at radius 1 is 1.37 bits per heavy atom. The Morgan fingerprint density at radius 2 is 2.16 bits per heavy atom. The Morgan fingerprint density at radius 3 is 2.84 bits per heavy atom. The number of aromatic nitrogens is 3. The van der Waals surface area contributed by atoms with Crippen LogP contribution in [0.2, 0.25) is 5.02 Å². The largest absolute Gasteiger partial charge is 0.378 e. The predicted octanol–water partition coefficient (Wildman–Crippen LogP) is 3.51. The van der Waals surface area contributed by atoms with Crippen molar-refractivity contribution in [2.24, 2.45) is 5.92 Å². The van der Waals surface area contributed by atoms with E-state index in [0.717, 1.165) is 28.6 Å². The fraction of sp³-hybridized carbons (Fsp3) is 0.429. The van der Waals surface area contributed by atoms with Gasteiger partial charge in [-0.1, -0.05) is 31.5 Å². The van der Waals surface area contributed by atoms with E-state index in [2.05, 4.69) is 29.2 Å². The van der Waals surface area contributed by atoms with Crippen LogP contribution in [-0.4, -0.2) is 14.8 Å². The highest BCUT2D eigenvalue weighted by atomic mass is 35.5. The molecule has 1 N–H and O–H groups in total. The van der Waals surface area contributed by atoms with E-state index in [-0.39, 0.29) is 0 Å². The molecule has 0 amide bonds. The normalized spacial score (nSPS) is 11.0. The Hall–Kier alpha value is -1.55. The molecule has 0 aliphatic rings. The lowest BCUT2D eigenvalue weighted by molar-refractivity contribution is 0.468. The first-order valence-electron chi connectivity index (χ1n) is 6.43. The van der Waals surface area contributed by atoms with Crippen molar-refractivity contribution >= 4 is 17.3 Å². The number of aryl methyl sites for hydroxylation is 1. The monoisotopic (exact) mass is 278 g/mol. The molecular weight excluding hydrogens is 260 g/mol. The molecule has 2 aromatic rings. The average Bonchev–Trinajstić information content (AvgIpc) is 2.77. The first-order chi connectivity index (χ1) is 9.06. The van der Waals surface area contributed by atoms with E-state index in [1.54, 1.807) is 6.33 Å². The first kappa shape index (κ1) is 13.9. The molecule has 0 unspecified atom stereocenters. The van der Waals surface area contributed by atoms with E-state index in [1.165, 1.54) is 0 Å². The summed E-state index contributed by atoms with van der Waals surface area (Å²) >= 11 is 6.10. The summed E-state index contributed by atoms with van der Waals surface area (Å²) in [5, 5.41) is 8.33. The van der Waals surface area contributed by atoms with Crippen LogP contribution in [0.3, 0.4) is 0 Å². The number of hydrogen-bond acceptors (Lipinski definition) is 3. The smallest absolute Gasteiger partial charge is 0.146 e. The number of halogens is 1. The van der Waals surface area contributed by atoms with Gasteiger partial charge >= 0.3 is 0 Å². The van der Waals surface area contributed by atoms with Crippen LogP contribution < -0.4 is 5.32 Å². The van der Waals surface area contributed by atoms with Gasteiger partial charge in [0, 0.05) is 17.3 Å². The van der Waals surface area contributed by atoms with Gasteiger partial charge in [-0.3, -0.25) is 0 Å². The van der Waals surface area contributed by atoms with Gasteiger partial charge in [0.25, 0.3) is 0 Å². The van der Waals surface area contributed by atoms with Gasteiger partial charge in [-0.25, -0.2) is 9.67 Å². The summed E-state index contributed by atoms with van der Waals surface area (Å²) in [4.78, 5) is 4.28. The van der Waals surface area contributed by atoms with Gasteiger partial charge in [0.15, 0.2) is 0 Å². The Labute approximate surface area is 118 Å². The van der Waals surface area contributed by atoms with Crippen LogP contribution in [0.5, 0.6) is 0 Å². The van der Waals surface area contributed by atoms with Crippen LogP contribution in [0.4, 0.5) is 5.69 Å². The molecule has 19 heavy (non-hydrogen) atoms. The van der Waals surface area contributed by atoms with Crippen molar-refractivity contribution in [1.82, 2.24) is 14.8 Å². The van der Waals surface area contributed by atoms with Crippen LogP contribution in [0.1, 0.15) is 25.2 Å². The van der Waals surface area contributed by atoms with Crippen LogP contribution in [0, 0.1) is 12.8 Å². The minimum Gasteiger partial charge on any atom is -0.378 e. The maximum absolute atomic E-state index is 6.10. The molecule has 0 atom stereocenters. The van der Waals surface area contributed by atoms with E-state index >= 15 is 0 Å². The maximum Gasteiger partial charge on any atom is 0.146 e. The molecule has 102 valence electrons. The average molecular weight is 279 g/mol. The van der Waals surface area contributed by atoms with Crippen LogP contribution in [0.15, 0.2) is 24.5 Å². The van der Waals surface area contributed by atoms with Crippen LogP contribution >= 0.6 is 11.6 Å². The third-order valence-corrected chi connectivity index (χ3v) is 3.26. The topological polar surface area (TPSA) is 42.7 Å². The summed E-state index contributed by atoms with van der Waals surface area (Å²) < 4.78 is 1.94. The van der Waals surface area contributed by atoms with E-state index < -0.39 is 0 Å². The molecule has 0 radical (unpaired) electrons. The molecule has 4 nitrogen and oxygen atoms in total. The van der Waals surface area contributed by atoms with Gasteiger partial charge in [0.2, 0.25) is 0 Å². The second-order valence-electron chi connectivity index (χ2n) is 5.07. The molecule has 0 saturated carbocycles.